The molecule has 8 nitrogen and oxygen atoms in total. The van der Waals surface area contributed by atoms with Crippen LogP contribution in [0.5, 0.6) is 0 Å². The molecule has 1 saturated carbocycles. The minimum atomic E-state index is -0.360. The first-order valence-electron chi connectivity index (χ1n) is 9.82. The molecule has 0 aliphatic heterocycles. The van der Waals surface area contributed by atoms with E-state index in [9.17, 15) is 14.4 Å². The topological polar surface area (TPSA) is 102 Å². The molecule has 2 aromatic rings. The summed E-state index contributed by atoms with van der Waals surface area (Å²) in [6.07, 6.45) is 7.55. The van der Waals surface area contributed by atoms with Gasteiger partial charge in [0.15, 0.2) is 0 Å². The van der Waals surface area contributed by atoms with E-state index < -0.39 is 0 Å². The average molecular weight is 398 g/mol. The Hall–Kier alpha value is -3.16. The van der Waals surface area contributed by atoms with E-state index in [4.69, 9.17) is 4.74 Å². The van der Waals surface area contributed by atoms with Crippen LogP contribution < -0.4 is 16.3 Å². The van der Waals surface area contributed by atoms with E-state index in [2.05, 4.69) is 15.6 Å². The molecule has 0 saturated heterocycles. The molecule has 2 N–H and O–H groups in total. The van der Waals surface area contributed by atoms with E-state index in [1.165, 1.54) is 17.9 Å². The molecule has 0 bridgehead atoms. The number of amides is 2. The quantitative estimate of drug-likeness (QED) is 0.595. The summed E-state index contributed by atoms with van der Waals surface area (Å²) < 4.78 is 6.41. The van der Waals surface area contributed by atoms with Gasteiger partial charge in [0.25, 0.3) is 0 Å². The van der Waals surface area contributed by atoms with Gasteiger partial charge in [-0.2, -0.15) is 0 Å². The highest BCUT2D eigenvalue weighted by Crippen LogP contribution is 2.25. The summed E-state index contributed by atoms with van der Waals surface area (Å²) in [6.45, 7) is 0.358. The van der Waals surface area contributed by atoms with E-state index in [1.807, 2.05) is 18.2 Å². The number of urea groups is 1. The Kier molecular flexibility index (Phi) is 6.99. The number of rotatable bonds is 5. The van der Waals surface area contributed by atoms with Gasteiger partial charge in [0.2, 0.25) is 0 Å². The smallest absolute Gasteiger partial charge is 0.347 e. The van der Waals surface area contributed by atoms with Crippen molar-refractivity contribution >= 4 is 17.7 Å². The monoisotopic (exact) mass is 398 g/mol. The van der Waals surface area contributed by atoms with Crippen molar-refractivity contribution in [3.63, 3.8) is 0 Å². The van der Waals surface area contributed by atoms with Crippen molar-refractivity contribution in [2.75, 3.05) is 12.4 Å². The van der Waals surface area contributed by atoms with Crippen molar-refractivity contribution in [3.05, 3.63) is 58.8 Å². The van der Waals surface area contributed by atoms with Crippen LogP contribution >= 0.6 is 0 Å². The van der Waals surface area contributed by atoms with Gasteiger partial charge in [-0.1, -0.05) is 31.4 Å². The van der Waals surface area contributed by atoms with Crippen LogP contribution in [0.25, 0.3) is 0 Å². The molecule has 1 aromatic carbocycles. The van der Waals surface area contributed by atoms with Gasteiger partial charge in [0.1, 0.15) is 0 Å². The lowest BCUT2D eigenvalue weighted by Crippen LogP contribution is -2.45. The Morgan fingerprint density at radius 1 is 1.21 bits per heavy atom. The van der Waals surface area contributed by atoms with Crippen LogP contribution in [-0.2, 0) is 16.1 Å². The summed E-state index contributed by atoms with van der Waals surface area (Å²) in [6, 6.07) is 8.37. The Morgan fingerprint density at radius 2 is 2.03 bits per heavy atom. The number of ether oxygens (including phenoxy) is 1. The zero-order chi connectivity index (χ0) is 20.6. The van der Waals surface area contributed by atoms with E-state index in [0.717, 1.165) is 31.2 Å². The first-order chi connectivity index (χ1) is 14.1. The fraction of sp³-hybridized carbons (Fsp3) is 0.429. The van der Waals surface area contributed by atoms with Gasteiger partial charge in [-0.15, -0.1) is 0 Å². The van der Waals surface area contributed by atoms with Crippen LogP contribution in [-0.4, -0.2) is 34.7 Å². The van der Waals surface area contributed by atoms with Crippen molar-refractivity contribution in [1.82, 2.24) is 14.9 Å². The van der Waals surface area contributed by atoms with Gasteiger partial charge in [-0.25, -0.2) is 14.6 Å². The standard InChI is InChI=1S/C21H26N4O4/c1-29-19(26)17-9-3-2-4-10-18(17)24-20(27)23-16-8-5-7-15(13-16)14-25-12-6-11-22-21(25)28/h5-8,11-13,17-18H,2-4,9-10,14H2,1H3,(H2,23,24,27). The molecular formula is C21H26N4O4. The Labute approximate surface area is 169 Å². The van der Waals surface area contributed by atoms with Gasteiger partial charge < -0.3 is 15.4 Å². The summed E-state index contributed by atoms with van der Waals surface area (Å²) in [7, 11) is 1.38. The summed E-state index contributed by atoms with van der Waals surface area (Å²) >= 11 is 0. The van der Waals surface area contributed by atoms with Crippen LogP contribution in [0.2, 0.25) is 0 Å². The molecule has 29 heavy (non-hydrogen) atoms. The number of nitrogens with one attached hydrogen (secondary N) is 2. The highest BCUT2D eigenvalue weighted by molar-refractivity contribution is 5.90. The second kappa shape index (κ2) is 9.86. The van der Waals surface area contributed by atoms with Crippen LogP contribution in [0.15, 0.2) is 47.5 Å². The number of carbonyl (C=O) groups excluding carboxylic acids is 2. The zero-order valence-electron chi connectivity index (χ0n) is 16.5. The number of hydrogen-bond donors (Lipinski definition) is 2. The van der Waals surface area contributed by atoms with Crippen LogP contribution in [0.1, 0.15) is 37.7 Å². The van der Waals surface area contributed by atoms with Crippen molar-refractivity contribution in [2.24, 2.45) is 5.92 Å². The number of hydrogen-bond acceptors (Lipinski definition) is 5. The summed E-state index contributed by atoms with van der Waals surface area (Å²) in [4.78, 5) is 40.1. The minimum absolute atomic E-state index is 0.248. The summed E-state index contributed by atoms with van der Waals surface area (Å²) in [5.74, 6) is -0.599. The molecule has 154 valence electrons. The number of aromatic nitrogens is 2. The lowest BCUT2D eigenvalue weighted by Gasteiger charge is -2.24. The van der Waals surface area contributed by atoms with Gasteiger partial charge in [-0.05, 0) is 36.6 Å². The number of benzene rings is 1. The van der Waals surface area contributed by atoms with Gasteiger partial charge in [0, 0.05) is 24.1 Å². The van der Waals surface area contributed by atoms with Crippen LogP contribution in [0.3, 0.4) is 0 Å². The molecule has 3 rings (SSSR count). The molecular weight excluding hydrogens is 372 g/mol. The molecule has 2 amide bonds. The van der Waals surface area contributed by atoms with E-state index >= 15 is 0 Å². The van der Waals surface area contributed by atoms with E-state index in [0.29, 0.717) is 18.7 Å². The molecule has 1 aliphatic carbocycles. The van der Waals surface area contributed by atoms with Gasteiger partial charge in [-0.3, -0.25) is 9.36 Å². The second-order valence-electron chi connectivity index (χ2n) is 7.20. The molecule has 2 atom stereocenters. The van der Waals surface area contributed by atoms with E-state index in [1.54, 1.807) is 18.3 Å². The summed E-state index contributed by atoms with van der Waals surface area (Å²) in [5.41, 5.74) is 1.14. The number of anilines is 1. The first-order valence-corrected chi connectivity index (χ1v) is 9.82. The maximum absolute atomic E-state index is 12.5. The predicted molar refractivity (Wildman–Crippen MR) is 109 cm³/mol. The minimum Gasteiger partial charge on any atom is -0.469 e. The second-order valence-corrected chi connectivity index (χ2v) is 7.20. The fourth-order valence-corrected chi connectivity index (χ4v) is 3.70. The average Bonchev–Trinajstić information content (AvgIpc) is 2.95. The van der Waals surface area contributed by atoms with Crippen LogP contribution in [0.4, 0.5) is 10.5 Å². The molecule has 1 fully saturated rings. The maximum atomic E-state index is 12.5. The van der Waals surface area contributed by atoms with Crippen molar-refractivity contribution in [1.29, 1.82) is 0 Å². The molecule has 1 heterocycles. The normalized spacial score (nSPS) is 19.1. The van der Waals surface area contributed by atoms with Crippen molar-refractivity contribution < 1.29 is 14.3 Å². The van der Waals surface area contributed by atoms with Gasteiger partial charge in [0.05, 0.1) is 19.6 Å². The highest BCUT2D eigenvalue weighted by Gasteiger charge is 2.31. The first kappa shape index (κ1) is 20.6. The SMILES string of the molecule is COC(=O)C1CCCCCC1NC(=O)Nc1cccc(Cn2cccnc2=O)c1. The number of nitrogens with zero attached hydrogens (tertiary/aromatic N) is 2. The lowest BCUT2D eigenvalue weighted by molar-refractivity contribution is -0.146. The predicted octanol–water partition coefficient (Wildman–Crippen LogP) is 2.54. The third kappa shape index (κ3) is 5.66. The molecule has 8 heteroatoms. The third-order valence-electron chi connectivity index (χ3n) is 5.16. The Morgan fingerprint density at radius 3 is 2.83 bits per heavy atom. The highest BCUT2D eigenvalue weighted by atomic mass is 16.5. The molecule has 2 unspecified atom stereocenters. The fourth-order valence-electron chi connectivity index (χ4n) is 3.70. The van der Waals surface area contributed by atoms with Gasteiger partial charge >= 0.3 is 17.7 Å². The van der Waals surface area contributed by atoms with Crippen LogP contribution in [0, 0.1) is 5.92 Å². The molecule has 0 radical (unpaired) electrons. The maximum Gasteiger partial charge on any atom is 0.347 e. The zero-order valence-corrected chi connectivity index (χ0v) is 16.5. The van der Waals surface area contributed by atoms with Crippen molar-refractivity contribution in [2.45, 2.75) is 44.7 Å². The largest absolute Gasteiger partial charge is 0.469 e. The number of methoxy groups -OCH3 is 1. The summed E-state index contributed by atoms with van der Waals surface area (Å²) in [5, 5.41) is 5.76. The van der Waals surface area contributed by atoms with E-state index in [-0.39, 0.29) is 29.6 Å². The number of esters is 1. The lowest BCUT2D eigenvalue weighted by atomic mass is 9.95. The Balaban J connectivity index is 1.65. The Bertz CT molecular complexity index is 911. The molecule has 1 aromatic heterocycles. The molecule has 0 spiro atoms. The molecule has 1 aliphatic rings. The third-order valence-corrected chi connectivity index (χ3v) is 5.16. The van der Waals surface area contributed by atoms with Crippen molar-refractivity contribution in [3.8, 4) is 0 Å². The number of carbonyl (C=O) groups is 2.